The van der Waals surface area contributed by atoms with E-state index < -0.39 is 11.8 Å². The third-order valence-corrected chi connectivity index (χ3v) is 3.69. The lowest BCUT2D eigenvalue weighted by Gasteiger charge is -2.07. The van der Waals surface area contributed by atoms with Gasteiger partial charge in [0.05, 0.1) is 6.61 Å². The van der Waals surface area contributed by atoms with Crippen molar-refractivity contribution in [1.29, 1.82) is 0 Å². The molecule has 0 aliphatic rings. The molecule has 0 aliphatic carbocycles. The number of hydrogen-bond acceptors (Lipinski definition) is 6. The number of ether oxygens (including phenoxy) is 1. The van der Waals surface area contributed by atoms with Crippen LogP contribution in [0.25, 0.3) is 5.65 Å². The van der Waals surface area contributed by atoms with Crippen LogP contribution in [0, 0.1) is 13.8 Å². The number of primary amides is 1. The molecule has 0 fully saturated rings. The molecule has 3 aromatic rings. The van der Waals surface area contributed by atoms with E-state index in [0.717, 1.165) is 11.3 Å². The zero-order chi connectivity index (χ0) is 18.8. The Morgan fingerprint density at radius 1 is 1.31 bits per heavy atom. The number of carbonyl (C=O) groups excluding carboxylic acids is 2. The molecule has 0 saturated carbocycles. The van der Waals surface area contributed by atoms with E-state index in [2.05, 4.69) is 20.4 Å². The number of methoxy groups -OCH3 is 1. The van der Waals surface area contributed by atoms with E-state index in [9.17, 15) is 9.59 Å². The summed E-state index contributed by atoms with van der Waals surface area (Å²) >= 11 is 0. The average Bonchev–Trinajstić information content (AvgIpc) is 2.92. The van der Waals surface area contributed by atoms with Crippen LogP contribution in [0.5, 0.6) is 0 Å². The van der Waals surface area contributed by atoms with E-state index in [1.165, 1.54) is 23.9 Å². The van der Waals surface area contributed by atoms with Crippen molar-refractivity contribution in [2.45, 2.75) is 20.5 Å². The second kappa shape index (κ2) is 6.89. The van der Waals surface area contributed by atoms with E-state index in [-0.39, 0.29) is 23.5 Å². The number of pyridine rings is 1. The molecule has 2 amide bonds. The summed E-state index contributed by atoms with van der Waals surface area (Å²) in [5.74, 6) is -0.692. The van der Waals surface area contributed by atoms with Gasteiger partial charge in [-0.05, 0) is 37.6 Å². The standard InChI is InChI=1S/C17H18N6O3/c1-9-6-10(2)20-13(7-9)21-17(25)12-4-5-19-16-14(15(18)24)11(8-26-3)22-23(12)16/h4-7H,8H2,1-3H3,(H2,18,24)(H,20,21,25). The number of fused-ring (bicyclic) bond motifs is 1. The minimum atomic E-state index is -0.687. The van der Waals surface area contributed by atoms with E-state index >= 15 is 0 Å². The van der Waals surface area contributed by atoms with Gasteiger partial charge in [-0.3, -0.25) is 9.59 Å². The molecule has 3 heterocycles. The molecule has 3 aromatic heterocycles. The Labute approximate surface area is 149 Å². The van der Waals surface area contributed by atoms with Gasteiger partial charge in [-0.1, -0.05) is 0 Å². The molecule has 0 aliphatic heterocycles. The highest BCUT2D eigenvalue weighted by atomic mass is 16.5. The van der Waals surface area contributed by atoms with Crippen molar-refractivity contribution in [3.8, 4) is 0 Å². The van der Waals surface area contributed by atoms with Crippen LogP contribution in [0.1, 0.15) is 37.8 Å². The van der Waals surface area contributed by atoms with Crippen LogP contribution in [-0.2, 0) is 11.3 Å². The van der Waals surface area contributed by atoms with Crippen LogP contribution in [0.4, 0.5) is 5.82 Å². The summed E-state index contributed by atoms with van der Waals surface area (Å²) < 4.78 is 6.33. The first-order valence-electron chi connectivity index (χ1n) is 7.82. The maximum Gasteiger partial charge on any atom is 0.275 e. The maximum absolute atomic E-state index is 12.7. The zero-order valence-electron chi connectivity index (χ0n) is 14.6. The van der Waals surface area contributed by atoms with Crippen LogP contribution in [0.15, 0.2) is 24.4 Å². The normalized spacial score (nSPS) is 10.9. The lowest BCUT2D eigenvalue weighted by Crippen LogP contribution is -2.18. The van der Waals surface area contributed by atoms with Gasteiger partial charge in [-0.15, -0.1) is 0 Å². The number of hydrogen-bond donors (Lipinski definition) is 2. The molecule has 26 heavy (non-hydrogen) atoms. The quantitative estimate of drug-likeness (QED) is 0.710. The second-order valence-corrected chi connectivity index (χ2v) is 5.81. The molecule has 0 atom stereocenters. The lowest BCUT2D eigenvalue weighted by molar-refractivity contribution is 0.0993. The Kier molecular flexibility index (Phi) is 4.63. The molecule has 3 rings (SSSR count). The minimum absolute atomic E-state index is 0.0708. The van der Waals surface area contributed by atoms with Crippen LogP contribution in [0.3, 0.4) is 0 Å². The van der Waals surface area contributed by atoms with Gasteiger partial charge in [-0.25, -0.2) is 14.5 Å². The summed E-state index contributed by atoms with van der Waals surface area (Å²) in [7, 11) is 1.47. The molecule has 134 valence electrons. The van der Waals surface area contributed by atoms with Crippen molar-refractivity contribution < 1.29 is 14.3 Å². The summed E-state index contributed by atoms with van der Waals surface area (Å²) in [4.78, 5) is 32.9. The highest BCUT2D eigenvalue weighted by Crippen LogP contribution is 2.17. The fourth-order valence-electron chi connectivity index (χ4n) is 2.74. The van der Waals surface area contributed by atoms with Crippen LogP contribution in [-0.4, -0.2) is 38.5 Å². The molecule has 0 unspecified atom stereocenters. The number of rotatable bonds is 5. The number of aromatic nitrogens is 4. The molecule has 9 heteroatoms. The van der Waals surface area contributed by atoms with Gasteiger partial charge in [0.2, 0.25) is 0 Å². The number of amides is 2. The predicted octanol–water partition coefficient (Wildman–Crippen LogP) is 1.24. The zero-order valence-corrected chi connectivity index (χ0v) is 14.6. The summed E-state index contributed by atoms with van der Waals surface area (Å²) in [6.07, 6.45) is 1.42. The van der Waals surface area contributed by atoms with Crippen molar-refractivity contribution in [3.63, 3.8) is 0 Å². The van der Waals surface area contributed by atoms with Gasteiger partial charge in [0.15, 0.2) is 5.65 Å². The largest absolute Gasteiger partial charge is 0.378 e. The third kappa shape index (κ3) is 3.24. The fourth-order valence-corrected chi connectivity index (χ4v) is 2.74. The van der Waals surface area contributed by atoms with Crippen LogP contribution >= 0.6 is 0 Å². The van der Waals surface area contributed by atoms with Crippen LogP contribution in [0.2, 0.25) is 0 Å². The maximum atomic E-state index is 12.7. The highest BCUT2D eigenvalue weighted by molar-refractivity contribution is 6.04. The first kappa shape index (κ1) is 17.5. The van der Waals surface area contributed by atoms with Crippen molar-refractivity contribution in [3.05, 3.63) is 52.6 Å². The van der Waals surface area contributed by atoms with Gasteiger partial charge in [-0.2, -0.15) is 5.10 Å². The summed E-state index contributed by atoms with van der Waals surface area (Å²) in [5.41, 5.74) is 8.05. The second-order valence-electron chi connectivity index (χ2n) is 5.81. The number of nitrogens with one attached hydrogen (secondary N) is 1. The predicted molar refractivity (Wildman–Crippen MR) is 93.9 cm³/mol. The van der Waals surface area contributed by atoms with Crippen LogP contribution < -0.4 is 11.1 Å². The van der Waals surface area contributed by atoms with Gasteiger partial charge < -0.3 is 15.8 Å². The topological polar surface area (TPSA) is 124 Å². The van der Waals surface area contributed by atoms with Crippen molar-refractivity contribution in [2.24, 2.45) is 5.73 Å². The fraction of sp³-hybridized carbons (Fsp3) is 0.235. The first-order valence-corrected chi connectivity index (χ1v) is 7.82. The molecule has 0 bridgehead atoms. The summed E-state index contributed by atoms with van der Waals surface area (Å²) in [6.45, 7) is 3.83. The average molecular weight is 354 g/mol. The first-order chi connectivity index (χ1) is 12.4. The molecule has 0 saturated heterocycles. The van der Waals surface area contributed by atoms with Gasteiger partial charge >= 0.3 is 0 Å². The van der Waals surface area contributed by atoms with Gasteiger partial charge in [0, 0.05) is 19.0 Å². The van der Waals surface area contributed by atoms with E-state index in [4.69, 9.17) is 10.5 Å². The molecule has 0 radical (unpaired) electrons. The van der Waals surface area contributed by atoms with E-state index in [1.807, 2.05) is 19.9 Å². The van der Waals surface area contributed by atoms with E-state index in [1.54, 1.807) is 6.07 Å². The Morgan fingerprint density at radius 3 is 2.73 bits per heavy atom. The molecule has 0 aromatic carbocycles. The number of anilines is 1. The van der Waals surface area contributed by atoms with E-state index in [0.29, 0.717) is 11.5 Å². The van der Waals surface area contributed by atoms with Gasteiger partial charge in [0.1, 0.15) is 22.8 Å². The Balaban J connectivity index is 2.05. The summed E-state index contributed by atoms with van der Waals surface area (Å²) in [6, 6.07) is 5.17. The monoisotopic (exact) mass is 354 g/mol. The Hall–Kier alpha value is -3.33. The number of carbonyl (C=O) groups is 2. The Morgan fingerprint density at radius 2 is 2.08 bits per heavy atom. The number of aryl methyl sites for hydroxylation is 2. The molecular formula is C17H18N6O3. The molecule has 0 spiro atoms. The minimum Gasteiger partial charge on any atom is -0.378 e. The number of nitrogens with two attached hydrogens (primary N) is 1. The number of nitrogens with zero attached hydrogens (tertiary/aromatic N) is 4. The van der Waals surface area contributed by atoms with Crippen molar-refractivity contribution >= 4 is 23.3 Å². The molecule has 3 N–H and O–H groups in total. The Bertz CT molecular complexity index is 991. The third-order valence-electron chi connectivity index (χ3n) is 3.69. The highest BCUT2D eigenvalue weighted by Gasteiger charge is 2.22. The molecule has 9 nitrogen and oxygen atoms in total. The SMILES string of the molecule is COCc1nn2c(C(=O)Nc3cc(C)cc(C)n3)ccnc2c1C(N)=O. The molecular weight excluding hydrogens is 336 g/mol. The van der Waals surface area contributed by atoms with Crippen molar-refractivity contribution in [1.82, 2.24) is 19.6 Å². The van der Waals surface area contributed by atoms with Crippen molar-refractivity contribution in [2.75, 3.05) is 12.4 Å². The summed E-state index contributed by atoms with van der Waals surface area (Å²) in [5, 5.41) is 7.00. The van der Waals surface area contributed by atoms with Gasteiger partial charge in [0.25, 0.3) is 11.8 Å². The smallest absolute Gasteiger partial charge is 0.275 e. The lowest BCUT2D eigenvalue weighted by atomic mass is 10.2.